The SMILES string of the molecule is CN1CCn2c(nnc2C2CCOCCN2)C1. The molecule has 1 aromatic heterocycles. The van der Waals surface area contributed by atoms with Crippen LogP contribution in [0.3, 0.4) is 0 Å². The van der Waals surface area contributed by atoms with Crippen LogP contribution in [0.1, 0.15) is 24.1 Å². The fraction of sp³-hybridized carbons (Fsp3) is 0.818. The van der Waals surface area contributed by atoms with E-state index in [1.807, 2.05) is 0 Å². The summed E-state index contributed by atoms with van der Waals surface area (Å²) in [4.78, 5) is 2.28. The third-order valence-electron chi connectivity index (χ3n) is 3.47. The number of fused-ring (bicyclic) bond motifs is 1. The number of rotatable bonds is 1. The van der Waals surface area contributed by atoms with E-state index in [0.29, 0.717) is 6.04 Å². The minimum atomic E-state index is 0.294. The normalized spacial score (nSPS) is 26.5. The van der Waals surface area contributed by atoms with E-state index in [9.17, 15) is 0 Å². The van der Waals surface area contributed by atoms with E-state index in [4.69, 9.17) is 4.74 Å². The van der Waals surface area contributed by atoms with Gasteiger partial charge >= 0.3 is 0 Å². The molecule has 0 aromatic carbocycles. The molecule has 6 nitrogen and oxygen atoms in total. The zero-order valence-electron chi connectivity index (χ0n) is 10.2. The third-order valence-corrected chi connectivity index (χ3v) is 3.47. The Morgan fingerprint density at radius 2 is 2.24 bits per heavy atom. The number of ether oxygens (including phenoxy) is 1. The molecule has 0 amide bonds. The van der Waals surface area contributed by atoms with E-state index in [0.717, 1.165) is 57.5 Å². The van der Waals surface area contributed by atoms with Crippen molar-refractivity contribution in [2.24, 2.45) is 0 Å². The third kappa shape index (κ3) is 2.20. The van der Waals surface area contributed by atoms with Gasteiger partial charge in [0.25, 0.3) is 0 Å². The molecule has 17 heavy (non-hydrogen) atoms. The van der Waals surface area contributed by atoms with Crippen LogP contribution in [0.15, 0.2) is 0 Å². The van der Waals surface area contributed by atoms with Gasteiger partial charge in [-0.1, -0.05) is 0 Å². The molecule has 3 rings (SSSR count). The lowest BCUT2D eigenvalue weighted by Crippen LogP contribution is -2.33. The van der Waals surface area contributed by atoms with Crippen molar-refractivity contribution in [3.8, 4) is 0 Å². The molecule has 0 radical (unpaired) electrons. The standard InChI is InChI=1S/C11H19N5O/c1-15-4-5-16-10(8-15)13-14-11(16)9-2-6-17-7-3-12-9/h9,12H,2-8H2,1H3. The molecule has 1 N–H and O–H groups in total. The molecule has 1 fully saturated rings. The Morgan fingerprint density at radius 3 is 3.18 bits per heavy atom. The van der Waals surface area contributed by atoms with Gasteiger partial charge in [-0.15, -0.1) is 10.2 Å². The molecule has 0 saturated carbocycles. The summed E-state index contributed by atoms with van der Waals surface area (Å²) in [5.41, 5.74) is 0. The summed E-state index contributed by atoms with van der Waals surface area (Å²) in [6.45, 7) is 5.46. The van der Waals surface area contributed by atoms with Crippen molar-refractivity contribution in [2.75, 3.05) is 33.4 Å². The number of nitrogens with one attached hydrogen (secondary N) is 1. The lowest BCUT2D eigenvalue weighted by molar-refractivity contribution is 0.149. The van der Waals surface area contributed by atoms with Crippen LogP contribution < -0.4 is 5.32 Å². The van der Waals surface area contributed by atoms with Crippen molar-refractivity contribution in [3.63, 3.8) is 0 Å². The molecular formula is C11H19N5O. The van der Waals surface area contributed by atoms with E-state index in [1.165, 1.54) is 0 Å². The highest BCUT2D eigenvalue weighted by molar-refractivity contribution is 5.04. The van der Waals surface area contributed by atoms with Crippen molar-refractivity contribution < 1.29 is 4.74 Å². The van der Waals surface area contributed by atoms with Crippen molar-refractivity contribution in [1.82, 2.24) is 25.0 Å². The number of hydrogen-bond donors (Lipinski definition) is 1. The van der Waals surface area contributed by atoms with E-state index in [1.54, 1.807) is 0 Å². The summed E-state index contributed by atoms with van der Waals surface area (Å²) in [6, 6.07) is 0.294. The van der Waals surface area contributed by atoms with Gasteiger partial charge in [0.1, 0.15) is 11.6 Å². The number of hydrogen-bond acceptors (Lipinski definition) is 5. The lowest BCUT2D eigenvalue weighted by Gasteiger charge is -2.25. The molecular weight excluding hydrogens is 218 g/mol. The maximum atomic E-state index is 5.46. The van der Waals surface area contributed by atoms with Crippen LogP contribution in [0.2, 0.25) is 0 Å². The van der Waals surface area contributed by atoms with Crippen LogP contribution >= 0.6 is 0 Å². The summed E-state index contributed by atoms with van der Waals surface area (Å²) in [7, 11) is 2.12. The Labute approximate surface area is 101 Å². The molecule has 2 aliphatic rings. The Bertz CT molecular complexity index is 383. The van der Waals surface area contributed by atoms with Gasteiger partial charge in [0.2, 0.25) is 0 Å². The summed E-state index contributed by atoms with van der Waals surface area (Å²) < 4.78 is 7.72. The van der Waals surface area contributed by atoms with E-state index in [2.05, 4.69) is 32.0 Å². The topological polar surface area (TPSA) is 55.2 Å². The molecule has 94 valence electrons. The maximum absolute atomic E-state index is 5.46. The molecule has 1 unspecified atom stereocenters. The molecule has 2 aliphatic heterocycles. The molecule has 1 saturated heterocycles. The van der Waals surface area contributed by atoms with Gasteiger partial charge in [0.05, 0.1) is 19.2 Å². The van der Waals surface area contributed by atoms with Gasteiger partial charge in [-0.3, -0.25) is 4.90 Å². The highest BCUT2D eigenvalue weighted by Crippen LogP contribution is 2.20. The average molecular weight is 237 g/mol. The van der Waals surface area contributed by atoms with Gasteiger partial charge in [-0.25, -0.2) is 0 Å². The van der Waals surface area contributed by atoms with Crippen LogP contribution in [-0.4, -0.2) is 53.0 Å². The van der Waals surface area contributed by atoms with Gasteiger partial charge in [0, 0.05) is 26.2 Å². The molecule has 6 heteroatoms. The van der Waals surface area contributed by atoms with Crippen LogP contribution in [0.4, 0.5) is 0 Å². The summed E-state index contributed by atoms with van der Waals surface area (Å²) in [5, 5.41) is 12.2. The Morgan fingerprint density at radius 1 is 1.29 bits per heavy atom. The largest absolute Gasteiger partial charge is 0.380 e. The quantitative estimate of drug-likeness (QED) is 0.731. The molecule has 0 bridgehead atoms. The monoisotopic (exact) mass is 237 g/mol. The first-order valence-corrected chi connectivity index (χ1v) is 6.26. The smallest absolute Gasteiger partial charge is 0.150 e. The summed E-state index contributed by atoms with van der Waals surface area (Å²) in [6.07, 6.45) is 0.980. The Hall–Kier alpha value is -0.980. The fourth-order valence-electron chi connectivity index (χ4n) is 2.49. The van der Waals surface area contributed by atoms with Crippen molar-refractivity contribution in [2.45, 2.75) is 25.6 Å². The maximum Gasteiger partial charge on any atom is 0.150 e. The predicted molar refractivity (Wildman–Crippen MR) is 62.5 cm³/mol. The molecule has 1 atom stereocenters. The van der Waals surface area contributed by atoms with Crippen molar-refractivity contribution in [1.29, 1.82) is 0 Å². The molecule has 3 heterocycles. The first kappa shape index (κ1) is 11.1. The highest BCUT2D eigenvalue weighted by Gasteiger charge is 2.24. The van der Waals surface area contributed by atoms with Crippen LogP contribution in [0.5, 0.6) is 0 Å². The Kier molecular flexibility index (Phi) is 3.09. The van der Waals surface area contributed by atoms with Gasteiger partial charge in [-0.2, -0.15) is 0 Å². The van der Waals surface area contributed by atoms with E-state index in [-0.39, 0.29) is 0 Å². The second-order valence-electron chi connectivity index (χ2n) is 4.77. The summed E-state index contributed by atoms with van der Waals surface area (Å²) in [5.74, 6) is 2.17. The lowest BCUT2D eigenvalue weighted by atomic mass is 10.2. The van der Waals surface area contributed by atoms with Crippen LogP contribution in [-0.2, 0) is 17.8 Å². The second-order valence-corrected chi connectivity index (χ2v) is 4.77. The number of nitrogens with zero attached hydrogens (tertiary/aromatic N) is 4. The van der Waals surface area contributed by atoms with E-state index >= 15 is 0 Å². The van der Waals surface area contributed by atoms with Crippen molar-refractivity contribution >= 4 is 0 Å². The zero-order chi connectivity index (χ0) is 11.7. The summed E-state index contributed by atoms with van der Waals surface area (Å²) >= 11 is 0. The number of aromatic nitrogens is 3. The molecule has 0 spiro atoms. The average Bonchev–Trinajstić information content (AvgIpc) is 2.57. The molecule has 0 aliphatic carbocycles. The number of likely N-dealkylation sites (N-methyl/N-ethyl adjacent to an activating group) is 1. The second kappa shape index (κ2) is 4.72. The Balaban J connectivity index is 1.83. The van der Waals surface area contributed by atoms with Gasteiger partial charge in [0.15, 0.2) is 0 Å². The minimum absolute atomic E-state index is 0.294. The van der Waals surface area contributed by atoms with E-state index < -0.39 is 0 Å². The fourth-order valence-corrected chi connectivity index (χ4v) is 2.49. The first-order valence-electron chi connectivity index (χ1n) is 6.26. The first-order chi connectivity index (χ1) is 8.34. The predicted octanol–water partition coefficient (Wildman–Crippen LogP) is -0.225. The highest BCUT2D eigenvalue weighted by atomic mass is 16.5. The van der Waals surface area contributed by atoms with Gasteiger partial charge in [-0.05, 0) is 13.5 Å². The molecule has 1 aromatic rings. The zero-order valence-corrected chi connectivity index (χ0v) is 10.2. The van der Waals surface area contributed by atoms with Gasteiger partial charge < -0.3 is 14.6 Å². The van der Waals surface area contributed by atoms with Crippen LogP contribution in [0.25, 0.3) is 0 Å². The minimum Gasteiger partial charge on any atom is -0.380 e. The van der Waals surface area contributed by atoms with Crippen molar-refractivity contribution in [3.05, 3.63) is 11.6 Å². The van der Waals surface area contributed by atoms with Crippen LogP contribution in [0, 0.1) is 0 Å².